The zero-order chi connectivity index (χ0) is 37.7. The highest BCUT2D eigenvalue weighted by Gasteiger charge is 2.44. The van der Waals surface area contributed by atoms with Crippen molar-refractivity contribution >= 4 is 29.4 Å². The predicted molar refractivity (Wildman–Crippen MR) is 205 cm³/mol. The third-order valence-electron chi connectivity index (χ3n) is 10.4. The van der Waals surface area contributed by atoms with Crippen LogP contribution in [0.5, 0.6) is 0 Å². The normalized spacial score (nSPS) is 16.9. The Morgan fingerprint density at radius 2 is 1.63 bits per heavy atom. The van der Waals surface area contributed by atoms with Crippen LogP contribution in [0.1, 0.15) is 61.9 Å². The van der Waals surface area contributed by atoms with Crippen LogP contribution in [0.15, 0.2) is 60.8 Å². The third kappa shape index (κ3) is 8.32. The Labute approximate surface area is 313 Å². The zero-order valence-electron chi connectivity index (χ0n) is 30.8. The molecule has 1 saturated carbocycles. The van der Waals surface area contributed by atoms with E-state index in [4.69, 9.17) is 9.72 Å². The van der Waals surface area contributed by atoms with Crippen molar-refractivity contribution in [2.75, 3.05) is 51.9 Å². The number of carbonyl (C=O) groups excluding carboxylic acids is 2. The first kappa shape index (κ1) is 37.2. The standard InChI is InChI=1S/C32H30F2N6.C5H10O.C4H7NO3/c1-39(22-4-2-3-5-22)18-30-36-27-11-8-20(16-28(27)37-30)19-6-9-23-24-10-7-21(15-26(24)32(33,34)25(23)14-19)29-17-35-31(38-29)40-12-13-40;1-2-4-6-5-3-1;1-8-4(7)5-2-3-6/h6-11,14-17,22H,2-5,12-13,18H2,1H3,(H,35,38)(H,36,37);1-5H2;3H,2H2,1H3,(H,5,7). The van der Waals surface area contributed by atoms with Crippen LogP contribution in [0, 0.1) is 0 Å². The zero-order valence-corrected chi connectivity index (χ0v) is 30.8. The number of amides is 1. The molecule has 3 aromatic carbocycles. The first-order valence-corrected chi connectivity index (χ1v) is 18.7. The molecule has 2 aliphatic carbocycles. The molecule has 0 spiro atoms. The number of anilines is 1. The number of halogens is 2. The minimum absolute atomic E-state index is 0.00662. The number of nitrogens with one attached hydrogen (secondary N) is 3. The van der Waals surface area contributed by atoms with E-state index in [2.05, 4.69) is 41.9 Å². The molecule has 4 aliphatic rings. The number of hydrogen-bond acceptors (Lipinski definition) is 8. The van der Waals surface area contributed by atoms with Gasteiger partial charge in [-0.25, -0.2) is 14.8 Å². The van der Waals surface area contributed by atoms with Crippen molar-refractivity contribution in [1.82, 2.24) is 30.2 Å². The molecule has 54 heavy (non-hydrogen) atoms. The number of alkyl halides is 2. The summed E-state index contributed by atoms with van der Waals surface area (Å²) in [4.78, 5) is 40.0. The van der Waals surface area contributed by atoms with Crippen LogP contribution in [-0.2, 0) is 26.7 Å². The largest absolute Gasteiger partial charge is 0.453 e. The summed E-state index contributed by atoms with van der Waals surface area (Å²) in [6.45, 7) is 4.73. The first-order chi connectivity index (χ1) is 26.2. The van der Waals surface area contributed by atoms with E-state index in [1.54, 1.807) is 18.3 Å². The number of carbonyl (C=O) groups is 2. The molecule has 11 nitrogen and oxygen atoms in total. The number of H-pyrrole nitrogens is 2. The van der Waals surface area contributed by atoms with Gasteiger partial charge in [0.2, 0.25) is 5.95 Å². The van der Waals surface area contributed by atoms with Gasteiger partial charge in [-0.1, -0.05) is 43.2 Å². The van der Waals surface area contributed by atoms with Gasteiger partial charge < -0.3 is 34.5 Å². The number of nitrogens with zero attached hydrogens (tertiary/aromatic N) is 4. The second kappa shape index (κ2) is 16.5. The Bertz CT molecular complexity index is 2070. The number of aldehydes is 1. The molecule has 2 aromatic heterocycles. The van der Waals surface area contributed by atoms with Crippen LogP contribution in [0.25, 0.3) is 44.5 Å². The molecule has 3 fully saturated rings. The fraction of sp³-hybridized carbons (Fsp3) is 0.415. The minimum atomic E-state index is -3.09. The summed E-state index contributed by atoms with van der Waals surface area (Å²) in [5.74, 6) is -1.36. The van der Waals surface area contributed by atoms with Crippen LogP contribution >= 0.6 is 0 Å². The maximum atomic E-state index is 15.9. The van der Waals surface area contributed by atoms with E-state index in [1.807, 2.05) is 42.5 Å². The Balaban J connectivity index is 0.000000273. The quantitative estimate of drug-likeness (QED) is 0.109. The molecule has 0 unspecified atom stereocenters. The van der Waals surface area contributed by atoms with E-state index in [0.717, 1.165) is 72.5 Å². The fourth-order valence-electron chi connectivity index (χ4n) is 7.36. The van der Waals surface area contributed by atoms with Gasteiger partial charge in [0.05, 0.1) is 43.1 Å². The van der Waals surface area contributed by atoms with Gasteiger partial charge in [0.1, 0.15) is 12.1 Å². The maximum absolute atomic E-state index is 15.9. The monoisotopic (exact) mass is 739 g/mol. The van der Waals surface area contributed by atoms with Crippen molar-refractivity contribution in [2.45, 2.75) is 63.5 Å². The summed E-state index contributed by atoms with van der Waals surface area (Å²) >= 11 is 0. The smallest absolute Gasteiger partial charge is 0.407 e. The van der Waals surface area contributed by atoms with Crippen molar-refractivity contribution in [1.29, 1.82) is 0 Å². The fourth-order valence-corrected chi connectivity index (χ4v) is 7.36. The lowest BCUT2D eigenvalue weighted by molar-refractivity contribution is -0.107. The molecule has 284 valence electrons. The van der Waals surface area contributed by atoms with Crippen LogP contribution in [0.4, 0.5) is 19.5 Å². The summed E-state index contributed by atoms with van der Waals surface area (Å²) in [5.41, 5.74) is 6.21. The third-order valence-corrected chi connectivity index (χ3v) is 10.4. The summed E-state index contributed by atoms with van der Waals surface area (Å²) in [5, 5.41) is 2.15. The van der Waals surface area contributed by atoms with Crippen LogP contribution in [-0.4, -0.2) is 90.3 Å². The predicted octanol–water partition coefficient (Wildman–Crippen LogP) is 7.66. The maximum Gasteiger partial charge on any atom is 0.407 e. The number of methoxy groups -OCH3 is 1. The van der Waals surface area contributed by atoms with Crippen LogP contribution in [0.2, 0.25) is 0 Å². The Morgan fingerprint density at radius 3 is 2.26 bits per heavy atom. The van der Waals surface area contributed by atoms with Crippen molar-refractivity contribution in [3.8, 4) is 33.5 Å². The van der Waals surface area contributed by atoms with E-state index in [1.165, 1.54) is 52.1 Å². The van der Waals surface area contributed by atoms with Crippen LogP contribution in [0.3, 0.4) is 0 Å². The molecule has 1 amide bonds. The number of aromatic nitrogens is 4. The Morgan fingerprint density at radius 1 is 0.963 bits per heavy atom. The number of fused-ring (bicyclic) bond motifs is 4. The average Bonchev–Trinajstić information content (AvgIpc) is 3.53. The highest BCUT2D eigenvalue weighted by atomic mass is 19.3. The van der Waals surface area contributed by atoms with Gasteiger partial charge in [-0.15, -0.1) is 0 Å². The van der Waals surface area contributed by atoms with E-state index in [0.29, 0.717) is 29.0 Å². The number of rotatable bonds is 8. The molecule has 0 radical (unpaired) electrons. The highest BCUT2D eigenvalue weighted by molar-refractivity contribution is 5.87. The molecule has 5 aromatic rings. The van der Waals surface area contributed by atoms with E-state index in [-0.39, 0.29) is 17.7 Å². The molecule has 3 N–H and O–H groups in total. The molecular weight excluding hydrogens is 692 g/mol. The lowest BCUT2D eigenvalue weighted by Crippen LogP contribution is -2.28. The summed E-state index contributed by atoms with van der Waals surface area (Å²) in [7, 11) is 3.40. The summed E-state index contributed by atoms with van der Waals surface area (Å²) in [6.07, 6.45) is 10.7. The molecule has 2 aliphatic heterocycles. The second-order valence-corrected chi connectivity index (χ2v) is 14.2. The lowest BCUT2D eigenvalue weighted by Gasteiger charge is -2.22. The first-order valence-electron chi connectivity index (χ1n) is 18.7. The number of ether oxygens (including phenoxy) is 2. The number of hydrogen-bond donors (Lipinski definition) is 3. The van der Waals surface area contributed by atoms with Gasteiger partial charge in [-0.2, -0.15) is 8.78 Å². The van der Waals surface area contributed by atoms with Gasteiger partial charge >= 0.3 is 6.09 Å². The van der Waals surface area contributed by atoms with Gasteiger partial charge in [0.15, 0.2) is 0 Å². The van der Waals surface area contributed by atoms with Gasteiger partial charge in [-0.3, -0.25) is 4.90 Å². The average molecular weight is 740 g/mol. The number of benzene rings is 3. The second-order valence-electron chi connectivity index (χ2n) is 14.2. The molecular formula is C41H47F2N7O4. The van der Waals surface area contributed by atoms with Crippen molar-refractivity contribution in [3.05, 3.63) is 77.7 Å². The van der Waals surface area contributed by atoms with Crippen molar-refractivity contribution in [3.63, 3.8) is 0 Å². The molecule has 2 saturated heterocycles. The SMILES string of the molecule is C1CCOCC1.CN(Cc1nc2ccc(-c3ccc4c(c3)C(F)(F)c3cc(-c5cnc(N6CC6)[nH]5)ccc3-4)cc2[nH]1)C1CCCC1.COC(=O)NCC=O. The summed E-state index contributed by atoms with van der Waals surface area (Å²) in [6, 6.07) is 17.3. The van der Waals surface area contributed by atoms with Crippen molar-refractivity contribution < 1.29 is 27.8 Å². The lowest BCUT2D eigenvalue weighted by atomic mass is 9.98. The van der Waals surface area contributed by atoms with Gasteiger partial charge in [-0.05, 0) is 85.7 Å². The van der Waals surface area contributed by atoms with Gasteiger partial charge in [0, 0.05) is 49.0 Å². The molecule has 0 bridgehead atoms. The number of imidazole rings is 2. The van der Waals surface area contributed by atoms with Crippen LogP contribution < -0.4 is 10.2 Å². The highest BCUT2D eigenvalue weighted by Crippen LogP contribution is 2.52. The Hall–Kier alpha value is -5.14. The van der Waals surface area contributed by atoms with E-state index < -0.39 is 12.0 Å². The number of aromatic amines is 2. The molecule has 13 heteroatoms. The topological polar surface area (TPSA) is 128 Å². The van der Waals surface area contributed by atoms with E-state index in [9.17, 15) is 9.59 Å². The number of alkyl carbamates (subject to hydrolysis) is 1. The van der Waals surface area contributed by atoms with E-state index >= 15 is 8.78 Å². The van der Waals surface area contributed by atoms with Gasteiger partial charge in [0.25, 0.3) is 5.92 Å². The Kier molecular flexibility index (Phi) is 11.3. The molecule has 4 heterocycles. The summed E-state index contributed by atoms with van der Waals surface area (Å²) < 4.78 is 41.0. The van der Waals surface area contributed by atoms with Crippen molar-refractivity contribution in [2.24, 2.45) is 0 Å². The minimum Gasteiger partial charge on any atom is -0.453 e. The molecule has 9 rings (SSSR count). The molecule has 0 atom stereocenters.